The maximum atomic E-state index is 12.7. The van der Waals surface area contributed by atoms with Gasteiger partial charge in [-0.25, -0.2) is 4.98 Å². The summed E-state index contributed by atoms with van der Waals surface area (Å²) in [5.74, 6) is -0.262. The van der Waals surface area contributed by atoms with Crippen molar-refractivity contribution in [3.05, 3.63) is 22.3 Å². The number of alkyl halides is 3. The van der Waals surface area contributed by atoms with Crippen molar-refractivity contribution in [1.29, 1.82) is 0 Å². The number of nitrogens with one attached hydrogen (secondary N) is 1. The predicted octanol–water partition coefficient (Wildman–Crippen LogP) is 3.05. The van der Waals surface area contributed by atoms with E-state index in [1.165, 1.54) is 6.20 Å². The van der Waals surface area contributed by atoms with Crippen molar-refractivity contribution in [2.24, 2.45) is 0 Å². The number of aliphatic hydroxyl groups is 1. The smallest absolute Gasteiger partial charge is 0.394 e. The molecule has 0 saturated heterocycles. The van der Waals surface area contributed by atoms with Crippen LogP contribution in [0.1, 0.15) is 18.9 Å². The summed E-state index contributed by atoms with van der Waals surface area (Å²) >= 11 is 2.95. The van der Waals surface area contributed by atoms with E-state index >= 15 is 0 Å². The fourth-order valence-corrected chi connectivity index (χ4v) is 1.57. The van der Waals surface area contributed by atoms with E-state index in [4.69, 9.17) is 5.11 Å². The molecule has 1 aromatic rings. The van der Waals surface area contributed by atoms with Gasteiger partial charge in [-0.15, -0.1) is 0 Å². The standard InChI is InChI=1S/C10H12BrF3N2O/c1-2-7(5-17)16-9-8(10(12,13)14)3-6(11)4-15-9/h3-4,7,17H,2,5H2,1H3,(H,15,16). The molecule has 1 atom stereocenters. The highest BCUT2D eigenvalue weighted by Gasteiger charge is 2.35. The zero-order valence-corrected chi connectivity index (χ0v) is 10.6. The van der Waals surface area contributed by atoms with Gasteiger partial charge in [-0.05, 0) is 28.4 Å². The Morgan fingerprint density at radius 3 is 2.65 bits per heavy atom. The summed E-state index contributed by atoms with van der Waals surface area (Å²) in [4.78, 5) is 3.69. The Kier molecular flexibility index (Phi) is 4.76. The number of hydrogen-bond donors (Lipinski definition) is 2. The third-order valence-electron chi connectivity index (χ3n) is 2.21. The molecule has 0 bridgehead atoms. The van der Waals surface area contributed by atoms with Crippen molar-refractivity contribution in [3.8, 4) is 0 Å². The number of pyridine rings is 1. The highest BCUT2D eigenvalue weighted by molar-refractivity contribution is 9.10. The fraction of sp³-hybridized carbons (Fsp3) is 0.500. The van der Waals surface area contributed by atoms with E-state index in [0.29, 0.717) is 6.42 Å². The van der Waals surface area contributed by atoms with Crippen molar-refractivity contribution >= 4 is 21.7 Å². The molecule has 0 spiro atoms. The first kappa shape index (κ1) is 14.2. The minimum Gasteiger partial charge on any atom is -0.394 e. The molecule has 0 fully saturated rings. The van der Waals surface area contributed by atoms with Gasteiger partial charge in [0.15, 0.2) is 0 Å². The van der Waals surface area contributed by atoms with Crippen LogP contribution in [-0.4, -0.2) is 22.7 Å². The third-order valence-corrected chi connectivity index (χ3v) is 2.65. The number of rotatable bonds is 4. The Hall–Kier alpha value is -0.820. The van der Waals surface area contributed by atoms with Crippen molar-refractivity contribution in [3.63, 3.8) is 0 Å². The van der Waals surface area contributed by atoms with Crippen LogP contribution in [0.2, 0.25) is 0 Å². The van der Waals surface area contributed by atoms with Crippen LogP contribution in [0.25, 0.3) is 0 Å². The third kappa shape index (κ3) is 3.85. The van der Waals surface area contributed by atoms with Crippen molar-refractivity contribution < 1.29 is 18.3 Å². The van der Waals surface area contributed by atoms with Crippen molar-refractivity contribution in [2.75, 3.05) is 11.9 Å². The first-order valence-corrected chi connectivity index (χ1v) is 5.78. The van der Waals surface area contributed by atoms with Gasteiger partial charge in [0.1, 0.15) is 5.82 Å². The van der Waals surface area contributed by atoms with E-state index in [9.17, 15) is 13.2 Å². The number of aliphatic hydroxyl groups excluding tert-OH is 1. The molecule has 96 valence electrons. The topological polar surface area (TPSA) is 45.1 Å². The summed E-state index contributed by atoms with van der Waals surface area (Å²) in [7, 11) is 0. The molecule has 17 heavy (non-hydrogen) atoms. The molecule has 1 unspecified atom stereocenters. The van der Waals surface area contributed by atoms with Gasteiger partial charge in [0.25, 0.3) is 0 Å². The van der Waals surface area contributed by atoms with Gasteiger partial charge in [0.2, 0.25) is 0 Å². The molecule has 0 aliphatic heterocycles. The van der Waals surface area contributed by atoms with E-state index < -0.39 is 17.8 Å². The van der Waals surface area contributed by atoms with Crippen LogP contribution in [0.4, 0.5) is 19.0 Å². The lowest BCUT2D eigenvalue weighted by Crippen LogP contribution is -2.25. The molecule has 1 aromatic heterocycles. The van der Waals surface area contributed by atoms with Crippen LogP contribution in [-0.2, 0) is 6.18 Å². The molecule has 1 heterocycles. The number of hydrogen-bond acceptors (Lipinski definition) is 3. The highest BCUT2D eigenvalue weighted by Crippen LogP contribution is 2.35. The van der Waals surface area contributed by atoms with Gasteiger partial charge in [-0.1, -0.05) is 6.92 Å². The van der Waals surface area contributed by atoms with Crippen LogP contribution >= 0.6 is 15.9 Å². The quantitative estimate of drug-likeness (QED) is 0.898. The Labute approximate surface area is 105 Å². The lowest BCUT2D eigenvalue weighted by molar-refractivity contribution is -0.137. The minimum atomic E-state index is -4.48. The van der Waals surface area contributed by atoms with Crippen molar-refractivity contribution in [2.45, 2.75) is 25.6 Å². The van der Waals surface area contributed by atoms with Gasteiger partial charge in [-0.3, -0.25) is 0 Å². The summed E-state index contributed by atoms with van der Waals surface area (Å²) in [6.45, 7) is 1.52. The second kappa shape index (κ2) is 5.68. The summed E-state index contributed by atoms with van der Waals surface area (Å²) in [5.41, 5.74) is -0.848. The minimum absolute atomic E-state index is 0.245. The van der Waals surface area contributed by atoms with Crippen LogP contribution in [0, 0.1) is 0 Å². The zero-order valence-electron chi connectivity index (χ0n) is 9.05. The van der Waals surface area contributed by atoms with Crippen LogP contribution in [0.5, 0.6) is 0 Å². The van der Waals surface area contributed by atoms with E-state index in [1.54, 1.807) is 6.92 Å². The molecular formula is C10H12BrF3N2O. The van der Waals surface area contributed by atoms with Gasteiger partial charge in [0, 0.05) is 10.7 Å². The van der Waals surface area contributed by atoms with Crippen molar-refractivity contribution in [1.82, 2.24) is 4.98 Å². The second-order valence-corrected chi connectivity index (χ2v) is 4.40. The molecule has 3 nitrogen and oxygen atoms in total. The predicted molar refractivity (Wildman–Crippen MR) is 61.7 cm³/mol. The Balaban J connectivity index is 3.06. The van der Waals surface area contributed by atoms with Crippen LogP contribution in [0.15, 0.2) is 16.7 Å². The molecule has 0 aromatic carbocycles. The van der Waals surface area contributed by atoms with Gasteiger partial charge < -0.3 is 10.4 Å². The van der Waals surface area contributed by atoms with E-state index in [1.807, 2.05) is 0 Å². The van der Waals surface area contributed by atoms with E-state index in [-0.39, 0.29) is 16.9 Å². The van der Waals surface area contributed by atoms with Gasteiger partial charge >= 0.3 is 6.18 Å². The molecule has 0 radical (unpaired) electrons. The number of nitrogens with zero attached hydrogens (tertiary/aromatic N) is 1. The summed E-state index contributed by atoms with van der Waals surface area (Å²) in [6, 6.07) is 0.518. The number of aromatic nitrogens is 1. The molecule has 7 heteroatoms. The SMILES string of the molecule is CCC(CO)Nc1ncc(Br)cc1C(F)(F)F. The molecule has 0 saturated carbocycles. The summed E-state index contributed by atoms with van der Waals surface area (Å²) in [6.07, 6.45) is -2.69. The molecule has 0 aliphatic rings. The normalized spacial score (nSPS) is 13.5. The van der Waals surface area contributed by atoms with Gasteiger partial charge in [0.05, 0.1) is 18.2 Å². The Morgan fingerprint density at radius 1 is 1.53 bits per heavy atom. The average Bonchev–Trinajstić information content (AvgIpc) is 2.26. The van der Waals surface area contributed by atoms with E-state index in [0.717, 1.165) is 6.07 Å². The largest absolute Gasteiger partial charge is 0.419 e. The molecule has 0 aliphatic carbocycles. The Bertz CT molecular complexity index is 380. The average molecular weight is 313 g/mol. The van der Waals surface area contributed by atoms with E-state index in [2.05, 4.69) is 26.2 Å². The summed E-state index contributed by atoms with van der Waals surface area (Å²) in [5, 5.41) is 11.5. The highest BCUT2D eigenvalue weighted by atomic mass is 79.9. The maximum Gasteiger partial charge on any atom is 0.419 e. The molecule has 0 amide bonds. The zero-order chi connectivity index (χ0) is 13.1. The second-order valence-electron chi connectivity index (χ2n) is 3.48. The lowest BCUT2D eigenvalue weighted by Gasteiger charge is -2.18. The molecule has 1 rings (SSSR count). The number of anilines is 1. The summed E-state index contributed by atoms with van der Waals surface area (Å²) < 4.78 is 38.4. The maximum absolute atomic E-state index is 12.7. The fourth-order valence-electron chi connectivity index (χ4n) is 1.24. The van der Waals surface area contributed by atoms with Gasteiger partial charge in [-0.2, -0.15) is 13.2 Å². The lowest BCUT2D eigenvalue weighted by atomic mass is 10.2. The van der Waals surface area contributed by atoms with Crippen LogP contribution in [0.3, 0.4) is 0 Å². The number of halogens is 4. The monoisotopic (exact) mass is 312 g/mol. The Morgan fingerprint density at radius 2 is 2.18 bits per heavy atom. The van der Waals surface area contributed by atoms with Crippen LogP contribution < -0.4 is 5.32 Å². The first-order chi connectivity index (χ1) is 7.88. The molecular weight excluding hydrogens is 301 g/mol. The molecule has 2 N–H and O–H groups in total. The first-order valence-electron chi connectivity index (χ1n) is 4.98.